The standard InChI is InChI=1S/C14H32N2/c1-5-6-7-8-9-10-12-16(4)13-11-15-14(2)3/h14-15H,5-13H2,1-4H3. The van der Waals surface area contributed by atoms with E-state index in [1.54, 1.807) is 0 Å². The van der Waals surface area contributed by atoms with Crippen LogP contribution < -0.4 is 5.32 Å². The van der Waals surface area contributed by atoms with E-state index in [2.05, 4.69) is 38.0 Å². The number of rotatable bonds is 11. The highest BCUT2D eigenvalue weighted by atomic mass is 15.1. The molecule has 2 nitrogen and oxygen atoms in total. The van der Waals surface area contributed by atoms with Gasteiger partial charge in [0.05, 0.1) is 0 Å². The van der Waals surface area contributed by atoms with E-state index in [-0.39, 0.29) is 0 Å². The molecule has 98 valence electrons. The van der Waals surface area contributed by atoms with Crippen LogP contribution in [0.4, 0.5) is 0 Å². The lowest BCUT2D eigenvalue weighted by Gasteiger charge is -2.17. The quantitative estimate of drug-likeness (QED) is 0.546. The Morgan fingerprint density at radius 3 is 2.19 bits per heavy atom. The summed E-state index contributed by atoms with van der Waals surface area (Å²) in [5.74, 6) is 0. The van der Waals surface area contributed by atoms with E-state index >= 15 is 0 Å². The molecule has 0 aromatic carbocycles. The molecule has 16 heavy (non-hydrogen) atoms. The topological polar surface area (TPSA) is 15.3 Å². The largest absolute Gasteiger partial charge is 0.313 e. The number of unbranched alkanes of at least 4 members (excludes halogenated alkanes) is 5. The maximum absolute atomic E-state index is 3.45. The van der Waals surface area contributed by atoms with Crippen molar-refractivity contribution in [2.75, 3.05) is 26.7 Å². The summed E-state index contributed by atoms with van der Waals surface area (Å²) >= 11 is 0. The summed E-state index contributed by atoms with van der Waals surface area (Å²) < 4.78 is 0. The molecule has 1 N–H and O–H groups in total. The molecule has 0 atom stereocenters. The van der Waals surface area contributed by atoms with Crippen LogP contribution in [0, 0.1) is 0 Å². The zero-order chi connectivity index (χ0) is 12.2. The molecule has 0 saturated carbocycles. The monoisotopic (exact) mass is 228 g/mol. The van der Waals surface area contributed by atoms with E-state index in [1.165, 1.54) is 51.6 Å². The van der Waals surface area contributed by atoms with Crippen LogP contribution in [0.5, 0.6) is 0 Å². The minimum absolute atomic E-state index is 0.613. The first kappa shape index (κ1) is 15.9. The predicted octanol–water partition coefficient (Wildman–Crippen LogP) is 3.28. The lowest BCUT2D eigenvalue weighted by atomic mass is 10.1. The van der Waals surface area contributed by atoms with Gasteiger partial charge in [-0.25, -0.2) is 0 Å². The van der Waals surface area contributed by atoms with Gasteiger partial charge in [-0.2, -0.15) is 0 Å². The highest BCUT2D eigenvalue weighted by Crippen LogP contribution is 2.05. The molecule has 0 heterocycles. The molecule has 0 aromatic rings. The molecule has 0 aliphatic carbocycles. The Kier molecular flexibility index (Phi) is 11.3. The van der Waals surface area contributed by atoms with E-state index in [1.807, 2.05) is 0 Å². The molecule has 0 bridgehead atoms. The van der Waals surface area contributed by atoms with Gasteiger partial charge in [0.15, 0.2) is 0 Å². The minimum Gasteiger partial charge on any atom is -0.313 e. The van der Waals surface area contributed by atoms with Crippen molar-refractivity contribution in [3.8, 4) is 0 Å². The van der Waals surface area contributed by atoms with Crippen LogP contribution in [0.3, 0.4) is 0 Å². The van der Waals surface area contributed by atoms with E-state index < -0.39 is 0 Å². The molecule has 0 radical (unpaired) electrons. The second kappa shape index (κ2) is 11.4. The first-order valence-corrected chi connectivity index (χ1v) is 7.08. The van der Waals surface area contributed by atoms with Crippen molar-refractivity contribution in [3.05, 3.63) is 0 Å². The van der Waals surface area contributed by atoms with Gasteiger partial charge in [0.2, 0.25) is 0 Å². The third-order valence-corrected chi connectivity index (χ3v) is 2.94. The van der Waals surface area contributed by atoms with Gasteiger partial charge in [-0.1, -0.05) is 52.9 Å². The number of hydrogen-bond donors (Lipinski definition) is 1. The van der Waals surface area contributed by atoms with Crippen molar-refractivity contribution in [2.45, 2.75) is 65.3 Å². The van der Waals surface area contributed by atoms with E-state index in [0.717, 1.165) is 6.54 Å². The normalized spacial score (nSPS) is 11.6. The number of likely N-dealkylation sites (N-methyl/N-ethyl adjacent to an activating group) is 1. The number of hydrogen-bond acceptors (Lipinski definition) is 2. The van der Waals surface area contributed by atoms with Gasteiger partial charge in [0, 0.05) is 19.1 Å². The Bertz CT molecular complexity index is 135. The van der Waals surface area contributed by atoms with Crippen LogP contribution in [0.25, 0.3) is 0 Å². The molecule has 0 rings (SSSR count). The lowest BCUT2D eigenvalue weighted by Crippen LogP contribution is -2.33. The maximum atomic E-state index is 3.45. The average molecular weight is 228 g/mol. The molecule has 0 fully saturated rings. The van der Waals surface area contributed by atoms with Gasteiger partial charge in [-0.15, -0.1) is 0 Å². The Labute approximate surface area is 103 Å². The zero-order valence-corrected chi connectivity index (χ0v) is 11.9. The highest BCUT2D eigenvalue weighted by Gasteiger charge is 1.98. The van der Waals surface area contributed by atoms with Gasteiger partial charge in [0.25, 0.3) is 0 Å². The first-order valence-electron chi connectivity index (χ1n) is 7.08. The summed E-state index contributed by atoms with van der Waals surface area (Å²) in [6.07, 6.45) is 8.37. The van der Waals surface area contributed by atoms with E-state index in [0.29, 0.717) is 6.04 Å². The van der Waals surface area contributed by atoms with Gasteiger partial charge in [-0.05, 0) is 20.0 Å². The molecule has 0 aromatic heterocycles. The summed E-state index contributed by atoms with van der Waals surface area (Å²) in [6, 6.07) is 0.613. The van der Waals surface area contributed by atoms with Crippen LogP contribution in [-0.2, 0) is 0 Å². The third kappa shape index (κ3) is 12.0. The molecule has 0 aliphatic heterocycles. The molecular formula is C14H32N2. The predicted molar refractivity (Wildman–Crippen MR) is 74.0 cm³/mol. The Morgan fingerprint density at radius 2 is 1.56 bits per heavy atom. The SMILES string of the molecule is CCCCCCCCN(C)CCNC(C)C. The lowest BCUT2D eigenvalue weighted by molar-refractivity contribution is 0.317. The van der Waals surface area contributed by atoms with Crippen molar-refractivity contribution in [3.63, 3.8) is 0 Å². The van der Waals surface area contributed by atoms with Crippen molar-refractivity contribution in [2.24, 2.45) is 0 Å². The van der Waals surface area contributed by atoms with Crippen LogP contribution >= 0.6 is 0 Å². The summed E-state index contributed by atoms with van der Waals surface area (Å²) in [4.78, 5) is 2.44. The van der Waals surface area contributed by atoms with Gasteiger partial charge < -0.3 is 10.2 Å². The second-order valence-corrected chi connectivity index (χ2v) is 5.18. The van der Waals surface area contributed by atoms with Crippen LogP contribution in [-0.4, -0.2) is 37.6 Å². The Balaban J connectivity index is 3.14. The van der Waals surface area contributed by atoms with Gasteiger partial charge >= 0.3 is 0 Å². The minimum atomic E-state index is 0.613. The Hall–Kier alpha value is -0.0800. The van der Waals surface area contributed by atoms with Crippen molar-refractivity contribution in [1.29, 1.82) is 0 Å². The maximum Gasteiger partial charge on any atom is 0.0104 e. The summed E-state index contributed by atoms with van der Waals surface area (Å²) in [6.45, 7) is 10.2. The summed E-state index contributed by atoms with van der Waals surface area (Å²) in [5.41, 5.74) is 0. The zero-order valence-electron chi connectivity index (χ0n) is 11.9. The molecular weight excluding hydrogens is 196 g/mol. The van der Waals surface area contributed by atoms with Crippen LogP contribution in [0.1, 0.15) is 59.3 Å². The molecule has 0 aliphatic rings. The van der Waals surface area contributed by atoms with Gasteiger partial charge in [-0.3, -0.25) is 0 Å². The second-order valence-electron chi connectivity index (χ2n) is 5.18. The van der Waals surface area contributed by atoms with Crippen LogP contribution in [0.2, 0.25) is 0 Å². The molecule has 2 heteroatoms. The Morgan fingerprint density at radius 1 is 0.938 bits per heavy atom. The van der Waals surface area contributed by atoms with Crippen molar-refractivity contribution in [1.82, 2.24) is 10.2 Å². The van der Waals surface area contributed by atoms with Crippen molar-refractivity contribution < 1.29 is 0 Å². The number of nitrogens with one attached hydrogen (secondary N) is 1. The molecule has 0 spiro atoms. The molecule has 0 amide bonds. The number of nitrogens with zero attached hydrogens (tertiary/aromatic N) is 1. The fourth-order valence-electron chi connectivity index (χ4n) is 1.82. The van der Waals surface area contributed by atoms with E-state index in [9.17, 15) is 0 Å². The average Bonchev–Trinajstić information content (AvgIpc) is 2.22. The van der Waals surface area contributed by atoms with Gasteiger partial charge in [0.1, 0.15) is 0 Å². The molecule has 0 unspecified atom stereocenters. The first-order chi connectivity index (χ1) is 7.66. The smallest absolute Gasteiger partial charge is 0.0104 e. The summed E-state index contributed by atoms with van der Waals surface area (Å²) in [5, 5.41) is 3.45. The highest BCUT2D eigenvalue weighted by molar-refractivity contribution is 4.58. The molecule has 0 saturated heterocycles. The summed E-state index contributed by atoms with van der Waals surface area (Å²) in [7, 11) is 2.23. The van der Waals surface area contributed by atoms with Crippen LogP contribution in [0.15, 0.2) is 0 Å². The van der Waals surface area contributed by atoms with E-state index in [4.69, 9.17) is 0 Å². The fourth-order valence-corrected chi connectivity index (χ4v) is 1.82. The third-order valence-electron chi connectivity index (χ3n) is 2.94. The fraction of sp³-hybridized carbons (Fsp3) is 1.00. The van der Waals surface area contributed by atoms with Crippen molar-refractivity contribution >= 4 is 0 Å².